The van der Waals surface area contributed by atoms with Gasteiger partial charge in [-0.15, -0.1) is 0 Å². The molecule has 8 atom stereocenters. The Morgan fingerprint density at radius 2 is 1.94 bits per heavy atom. The van der Waals surface area contributed by atoms with Crippen LogP contribution in [0.4, 0.5) is 0 Å². The van der Waals surface area contributed by atoms with E-state index in [2.05, 4.69) is 32.2 Å². The minimum absolute atomic E-state index is 0.0793. The van der Waals surface area contributed by atoms with Gasteiger partial charge in [-0.3, -0.25) is 9.59 Å². The topological polar surface area (TPSA) is 64.6 Å². The molecule has 0 spiro atoms. The molecule has 0 aromatic rings. The van der Waals surface area contributed by atoms with Gasteiger partial charge in [0.1, 0.15) is 6.10 Å². The fraction of sp³-hybridized carbons (Fsp3) is 0.857. The van der Waals surface area contributed by atoms with Crippen LogP contribution in [0.2, 0.25) is 0 Å². The molecule has 0 aromatic carbocycles. The van der Waals surface area contributed by atoms with Gasteiger partial charge in [0.2, 0.25) is 0 Å². The largest absolute Gasteiger partial charge is 0.469 e. The lowest BCUT2D eigenvalue weighted by Gasteiger charge is -2.58. The SMILES string of the molecule is COC(=O)CCNC[C@@H](C)[C@H]1CC[C@H]2C3CC=C4C[C@@H](OC(C)=O)CC[C@]4(C)[C@H]3CC[C@]12C. The summed E-state index contributed by atoms with van der Waals surface area (Å²) in [4.78, 5) is 22.9. The van der Waals surface area contributed by atoms with Crippen molar-refractivity contribution in [1.82, 2.24) is 5.32 Å². The fourth-order valence-corrected chi connectivity index (χ4v) is 8.70. The van der Waals surface area contributed by atoms with Gasteiger partial charge in [0.15, 0.2) is 0 Å². The number of carbonyl (C=O) groups excluding carboxylic acids is 2. The van der Waals surface area contributed by atoms with Gasteiger partial charge in [-0.05, 0) is 91.9 Å². The number of rotatable bonds is 7. The lowest BCUT2D eigenvalue weighted by molar-refractivity contribution is -0.148. The molecule has 33 heavy (non-hydrogen) atoms. The van der Waals surface area contributed by atoms with Crippen molar-refractivity contribution in [2.24, 2.45) is 40.4 Å². The quantitative estimate of drug-likeness (QED) is 0.318. The van der Waals surface area contributed by atoms with Crippen molar-refractivity contribution in [2.75, 3.05) is 20.2 Å². The van der Waals surface area contributed by atoms with E-state index in [1.54, 1.807) is 5.57 Å². The molecule has 4 aliphatic rings. The zero-order chi connectivity index (χ0) is 23.8. The summed E-state index contributed by atoms with van der Waals surface area (Å²) in [5.74, 6) is 3.50. The van der Waals surface area contributed by atoms with E-state index in [1.165, 1.54) is 46.1 Å². The third-order valence-corrected chi connectivity index (χ3v) is 10.4. The first-order chi connectivity index (χ1) is 15.7. The number of hydrogen-bond donors (Lipinski definition) is 1. The van der Waals surface area contributed by atoms with Gasteiger partial charge in [-0.1, -0.05) is 32.4 Å². The Balaban J connectivity index is 1.41. The molecule has 1 N–H and O–H groups in total. The van der Waals surface area contributed by atoms with Crippen molar-refractivity contribution >= 4 is 11.9 Å². The number of methoxy groups -OCH3 is 1. The first-order valence-electron chi connectivity index (χ1n) is 13.3. The highest BCUT2D eigenvalue weighted by Gasteiger charge is 2.59. The predicted molar refractivity (Wildman–Crippen MR) is 129 cm³/mol. The van der Waals surface area contributed by atoms with Crippen LogP contribution in [-0.2, 0) is 19.1 Å². The van der Waals surface area contributed by atoms with Crippen LogP contribution >= 0.6 is 0 Å². The van der Waals surface area contributed by atoms with Crippen LogP contribution in [0.15, 0.2) is 11.6 Å². The number of ether oxygens (including phenoxy) is 2. The highest BCUT2D eigenvalue weighted by Crippen LogP contribution is 2.67. The van der Waals surface area contributed by atoms with Gasteiger partial charge < -0.3 is 14.8 Å². The van der Waals surface area contributed by atoms with Crippen molar-refractivity contribution in [3.05, 3.63) is 11.6 Å². The van der Waals surface area contributed by atoms with Crippen molar-refractivity contribution in [3.63, 3.8) is 0 Å². The molecule has 5 heteroatoms. The molecule has 5 nitrogen and oxygen atoms in total. The average molecular weight is 460 g/mol. The molecule has 4 rings (SSSR count). The lowest BCUT2D eigenvalue weighted by atomic mass is 9.47. The van der Waals surface area contributed by atoms with Crippen LogP contribution in [0.1, 0.15) is 85.5 Å². The zero-order valence-corrected chi connectivity index (χ0v) is 21.5. The van der Waals surface area contributed by atoms with Crippen molar-refractivity contribution in [3.8, 4) is 0 Å². The second-order valence-electron chi connectivity index (χ2n) is 12.0. The Kier molecular flexibility index (Phi) is 7.29. The summed E-state index contributed by atoms with van der Waals surface area (Å²) in [5.41, 5.74) is 2.30. The smallest absolute Gasteiger partial charge is 0.306 e. The first-order valence-corrected chi connectivity index (χ1v) is 13.3. The van der Waals surface area contributed by atoms with Crippen LogP contribution in [0.25, 0.3) is 0 Å². The molecule has 0 heterocycles. The normalized spacial score (nSPS) is 40.6. The fourth-order valence-electron chi connectivity index (χ4n) is 8.70. The van der Waals surface area contributed by atoms with Gasteiger partial charge >= 0.3 is 11.9 Å². The minimum Gasteiger partial charge on any atom is -0.469 e. The third kappa shape index (κ3) is 4.63. The van der Waals surface area contributed by atoms with Crippen LogP contribution in [0, 0.1) is 40.4 Å². The molecule has 4 aliphatic carbocycles. The minimum atomic E-state index is -0.141. The third-order valence-electron chi connectivity index (χ3n) is 10.4. The molecule has 3 saturated carbocycles. The highest BCUT2D eigenvalue weighted by molar-refractivity contribution is 5.69. The van der Waals surface area contributed by atoms with Gasteiger partial charge in [0, 0.05) is 19.9 Å². The van der Waals surface area contributed by atoms with E-state index in [0.717, 1.165) is 49.5 Å². The van der Waals surface area contributed by atoms with Gasteiger partial charge in [0.25, 0.3) is 0 Å². The number of hydrogen-bond acceptors (Lipinski definition) is 5. The van der Waals surface area contributed by atoms with Gasteiger partial charge in [-0.2, -0.15) is 0 Å². The van der Waals surface area contributed by atoms with E-state index in [-0.39, 0.29) is 18.0 Å². The van der Waals surface area contributed by atoms with Crippen molar-refractivity contribution in [2.45, 2.75) is 91.6 Å². The summed E-state index contributed by atoms with van der Waals surface area (Å²) in [7, 11) is 1.45. The molecule has 0 saturated heterocycles. The second kappa shape index (κ2) is 9.71. The van der Waals surface area contributed by atoms with E-state index in [4.69, 9.17) is 9.47 Å². The number of esters is 2. The molecule has 0 aliphatic heterocycles. The number of fused-ring (bicyclic) bond motifs is 5. The van der Waals surface area contributed by atoms with Crippen LogP contribution in [0.3, 0.4) is 0 Å². The number of allylic oxidation sites excluding steroid dienone is 1. The van der Waals surface area contributed by atoms with E-state index < -0.39 is 0 Å². The monoisotopic (exact) mass is 459 g/mol. The summed E-state index contributed by atoms with van der Waals surface area (Å²) < 4.78 is 10.4. The summed E-state index contributed by atoms with van der Waals surface area (Å²) in [5, 5.41) is 3.51. The Morgan fingerprint density at radius 1 is 1.15 bits per heavy atom. The number of carbonyl (C=O) groups is 2. The molecule has 3 fully saturated rings. The van der Waals surface area contributed by atoms with E-state index in [0.29, 0.717) is 29.7 Å². The summed E-state index contributed by atoms with van der Waals surface area (Å²) in [6, 6.07) is 0. The molecular weight excluding hydrogens is 414 g/mol. The van der Waals surface area contributed by atoms with E-state index in [9.17, 15) is 9.59 Å². The maximum Gasteiger partial charge on any atom is 0.306 e. The molecule has 0 amide bonds. The average Bonchev–Trinajstić information content (AvgIpc) is 3.13. The zero-order valence-electron chi connectivity index (χ0n) is 21.5. The summed E-state index contributed by atoms with van der Waals surface area (Å²) >= 11 is 0. The van der Waals surface area contributed by atoms with Crippen LogP contribution < -0.4 is 5.32 Å². The van der Waals surface area contributed by atoms with Gasteiger partial charge in [0.05, 0.1) is 13.5 Å². The summed E-state index contributed by atoms with van der Waals surface area (Å²) in [6.45, 7) is 10.7. The molecule has 0 aromatic heterocycles. The van der Waals surface area contributed by atoms with E-state index >= 15 is 0 Å². The molecule has 186 valence electrons. The number of nitrogens with one attached hydrogen (secondary N) is 1. The first kappa shape index (κ1) is 24.8. The van der Waals surface area contributed by atoms with Crippen LogP contribution in [0.5, 0.6) is 0 Å². The second-order valence-corrected chi connectivity index (χ2v) is 12.0. The lowest BCUT2D eigenvalue weighted by Crippen LogP contribution is -2.51. The van der Waals surface area contributed by atoms with Crippen LogP contribution in [-0.4, -0.2) is 38.2 Å². The molecule has 0 radical (unpaired) electrons. The molecule has 1 unspecified atom stereocenters. The Bertz CT molecular complexity index is 778. The predicted octanol–water partition coefficient (Wildman–Crippen LogP) is 5.29. The Labute approximate surface area is 200 Å². The van der Waals surface area contributed by atoms with E-state index in [1.807, 2.05) is 0 Å². The standard InChI is InChI=1S/C28H45NO4/c1-18(17-29-15-12-26(31)32-5)23-8-9-24-22-7-6-20-16-21(33-19(2)30)10-13-27(20,3)25(22)11-14-28(23,24)4/h6,18,21-25,29H,7-17H2,1-5H3/t18-,21+,22?,23-,24+,25+,27+,28-/m1/s1. The molecule has 0 bridgehead atoms. The maximum absolute atomic E-state index is 11.5. The van der Waals surface area contributed by atoms with Gasteiger partial charge in [-0.25, -0.2) is 0 Å². The summed E-state index contributed by atoms with van der Waals surface area (Å²) in [6.07, 6.45) is 12.8. The Morgan fingerprint density at radius 3 is 2.67 bits per heavy atom. The van der Waals surface area contributed by atoms with Crippen molar-refractivity contribution < 1.29 is 19.1 Å². The Hall–Kier alpha value is -1.36. The van der Waals surface area contributed by atoms with Crippen molar-refractivity contribution in [1.29, 1.82) is 0 Å². The molecular formula is C28H45NO4. The maximum atomic E-state index is 11.5. The highest BCUT2D eigenvalue weighted by atomic mass is 16.5.